The van der Waals surface area contributed by atoms with Gasteiger partial charge in [0.25, 0.3) is 0 Å². The Morgan fingerprint density at radius 1 is 1.20 bits per heavy atom. The number of methoxy groups -OCH3 is 1. The predicted octanol–water partition coefficient (Wildman–Crippen LogP) is 2.33. The maximum Gasteiger partial charge on any atom is 0.314 e. The van der Waals surface area contributed by atoms with E-state index in [4.69, 9.17) is 4.74 Å². The van der Waals surface area contributed by atoms with Crippen LogP contribution in [-0.4, -0.2) is 69.8 Å². The van der Waals surface area contributed by atoms with Crippen molar-refractivity contribution in [3.8, 4) is 5.75 Å². The molecule has 0 radical (unpaired) electrons. The van der Waals surface area contributed by atoms with Crippen LogP contribution in [0.2, 0.25) is 0 Å². The molecule has 0 saturated carbocycles. The van der Waals surface area contributed by atoms with Gasteiger partial charge in [-0.1, -0.05) is 25.1 Å². The van der Waals surface area contributed by atoms with Crippen molar-refractivity contribution < 1.29 is 9.53 Å². The Balaban J connectivity index is 2.51. The van der Waals surface area contributed by atoms with Gasteiger partial charge < -0.3 is 25.2 Å². The zero-order valence-corrected chi connectivity index (χ0v) is 16.5. The molecular formula is C19H34N4O2. The van der Waals surface area contributed by atoms with E-state index in [9.17, 15) is 4.79 Å². The molecule has 0 saturated heterocycles. The lowest BCUT2D eigenvalue weighted by molar-refractivity contribution is 0.224. The fraction of sp³-hybridized carbons (Fsp3) is 0.632. The minimum Gasteiger partial charge on any atom is -0.496 e. The average molecular weight is 351 g/mol. The summed E-state index contributed by atoms with van der Waals surface area (Å²) in [7, 11) is 7.74. The van der Waals surface area contributed by atoms with E-state index < -0.39 is 0 Å². The Kier molecular flexibility index (Phi) is 9.31. The van der Waals surface area contributed by atoms with Gasteiger partial charge in [0.2, 0.25) is 0 Å². The van der Waals surface area contributed by atoms with Crippen LogP contribution in [0.1, 0.15) is 31.9 Å². The van der Waals surface area contributed by atoms with E-state index in [-0.39, 0.29) is 12.1 Å². The summed E-state index contributed by atoms with van der Waals surface area (Å²) in [6, 6.07) is 8.33. The number of benzene rings is 1. The number of nitrogens with one attached hydrogen (secondary N) is 2. The molecule has 0 heterocycles. The van der Waals surface area contributed by atoms with E-state index in [1.54, 1.807) is 7.11 Å². The van der Waals surface area contributed by atoms with Crippen molar-refractivity contribution >= 4 is 6.03 Å². The van der Waals surface area contributed by atoms with Gasteiger partial charge in [0.15, 0.2) is 0 Å². The van der Waals surface area contributed by atoms with Crippen molar-refractivity contribution in [3.05, 3.63) is 29.8 Å². The third-order valence-corrected chi connectivity index (χ3v) is 4.67. The number of rotatable bonds is 10. The molecule has 0 aromatic heterocycles. The molecule has 2 N–H and O–H groups in total. The Morgan fingerprint density at radius 3 is 2.48 bits per heavy atom. The van der Waals surface area contributed by atoms with Crippen LogP contribution in [0.4, 0.5) is 4.79 Å². The summed E-state index contributed by atoms with van der Waals surface area (Å²) < 4.78 is 5.45. The Morgan fingerprint density at radius 2 is 1.88 bits per heavy atom. The highest BCUT2D eigenvalue weighted by Gasteiger charge is 2.19. The van der Waals surface area contributed by atoms with Gasteiger partial charge in [-0.05, 0) is 40.6 Å². The maximum absolute atomic E-state index is 12.1. The first kappa shape index (κ1) is 21.3. The van der Waals surface area contributed by atoms with Crippen molar-refractivity contribution in [2.24, 2.45) is 0 Å². The number of likely N-dealkylation sites (N-methyl/N-ethyl adjacent to an activating group) is 2. The largest absolute Gasteiger partial charge is 0.496 e. The first-order chi connectivity index (χ1) is 11.9. The van der Waals surface area contributed by atoms with Crippen LogP contribution in [0.15, 0.2) is 24.3 Å². The second kappa shape index (κ2) is 10.9. The lowest BCUT2D eigenvalue weighted by atomic mass is 10.0. The molecule has 25 heavy (non-hydrogen) atoms. The summed E-state index contributed by atoms with van der Waals surface area (Å²) in [6.45, 7) is 6.34. The van der Waals surface area contributed by atoms with E-state index in [2.05, 4.69) is 41.3 Å². The summed E-state index contributed by atoms with van der Waals surface area (Å²) >= 11 is 0. The molecule has 6 nitrogen and oxygen atoms in total. The van der Waals surface area contributed by atoms with E-state index in [1.165, 1.54) is 0 Å². The maximum atomic E-state index is 12.1. The lowest BCUT2D eigenvalue weighted by Gasteiger charge is -2.27. The summed E-state index contributed by atoms with van der Waals surface area (Å²) in [5, 5.41) is 5.89. The summed E-state index contributed by atoms with van der Waals surface area (Å²) in [5.41, 5.74) is 1.06. The minimum atomic E-state index is -0.140. The topological polar surface area (TPSA) is 56.8 Å². The molecular weight excluding hydrogens is 316 g/mol. The number of amides is 2. The highest BCUT2D eigenvalue weighted by atomic mass is 16.5. The molecule has 0 aliphatic carbocycles. The van der Waals surface area contributed by atoms with Crippen molar-refractivity contribution in [2.45, 2.75) is 32.4 Å². The normalized spacial score (nSPS) is 13.6. The smallest absolute Gasteiger partial charge is 0.314 e. The first-order valence-corrected chi connectivity index (χ1v) is 8.91. The predicted molar refractivity (Wildman–Crippen MR) is 103 cm³/mol. The van der Waals surface area contributed by atoms with Gasteiger partial charge in [-0.2, -0.15) is 0 Å². The van der Waals surface area contributed by atoms with Gasteiger partial charge in [0.05, 0.1) is 13.2 Å². The zero-order chi connectivity index (χ0) is 18.8. The Labute approximate surface area is 152 Å². The number of hydrogen-bond acceptors (Lipinski definition) is 4. The van der Waals surface area contributed by atoms with Crippen LogP contribution in [0, 0.1) is 0 Å². The third kappa shape index (κ3) is 6.92. The van der Waals surface area contributed by atoms with Crippen LogP contribution in [0.25, 0.3) is 0 Å². The van der Waals surface area contributed by atoms with E-state index in [0.29, 0.717) is 19.1 Å². The van der Waals surface area contributed by atoms with Crippen molar-refractivity contribution in [2.75, 3.05) is 47.9 Å². The number of urea groups is 1. The monoisotopic (exact) mass is 350 g/mol. The number of carbonyl (C=O) groups excluding carboxylic acids is 1. The van der Waals surface area contributed by atoms with E-state index in [1.807, 2.05) is 38.4 Å². The Hall–Kier alpha value is -1.79. The molecule has 1 rings (SSSR count). The SMILES string of the molecule is CCC(C)N(C)CCNC(=O)NCC(c1ccccc1OC)N(C)C. The number of para-hydroxylation sites is 1. The Bertz CT molecular complexity index is 522. The fourth-order valence-corrected chi connectivity index (χ4v) is 2.64. The molecule has 2 unspecified atom stereocenters. The summed E-state index contributed by atoms with van der Waals surface area (Å²) in [5.74, 6) is 0.832. The molecule has 6 heteroatoms. The number of hydrogen-bond donors (Lipinski definition) is 2. The van der Waals surface area contributed by atoms with Gasteiger partial charge in [-0.15, -0.1) is 0 Å². The molecule has 0 aliphatic rings. The quantitative estimate of drug-likeness (QED) is 0.680. The molecule has 1 aromatic carbocycles. The number of ether oxygens (including phenoxy) is 1. The molecule has 0 bridgehead atoms. The fourth-order valence-electron chi connectivity index (χ4n) is 2.64. The highest BCUT2D eigenvalue weighted by molar-refractivity contribution is 5.73. The van der Waals surface area contributed by atoms with Crippen molar-refractivity contribution in [3.63, 3.8) is 0 Å². The minimum absolute atomic E-state index is 0.0460. The van der Waals surface area contributed by atoms with E-state index in [0.717, 1.165) is 24.3 Å². The van der Waals surface area contributed by atoms with Gasteiger partial charge in [0, 0.05) is 31.2 Å². The van der Waals surface area contributed by atoms with Crippen LogP contribution >= 0.6 is 0 Å². The molecule has 2 amide bonds. The third-order valence-electron chi connectivity index (χ3n) is 4.67. The molecule has 0 spiro atoms. The van der Waals surface area contributed by atoms with Crippen LogP contribution in [0.5, 0.6) is 5.75 Å². The average Bonchev–Trinajstić information content (AvgIpc) is 2.61. The van der Waals surface area contributed by atoms with Crippen molar-refractivity contribution in [1.82, 2.24) is 20.4 Å². The van der Waals surface area contributed by atoms with Gasteiger partial charge in [-0.25, -0.2) is 4.79 Å². The zero-order valence-electron chi connectivity index (χ0n) is 16.5. The summed E-state index contributed by atoms with van der Waals surface area (Å²) in [6.07, 6.45) is 1.10. The van der Waals surface area contributed by atoms with Crippen LogP contribution in [0.3, 0.4) is 0 Å². The summed E-state index contributed by atoms with van der Waals surface area (Å²) in [4.78, 5) is 16.4. The van der Waals surface area contributed by atoms with Gasteiger partial charge in [0.1, 0.15) is 5.75 Å². The molecule has 0 aliphatic heterocycles. The molecule has 2 atom stereocenters. The van der Waals surface area contributed by atoms with Gasteiger partial charge in [-0.3, -0.25) is 0 Å². The van der Waals surface area contributed by atoms with Crippen LogP contribution in [-0.2, 0) is 0 Å². The molecule has 1 aromatic rings. The van der Waals surface area contributed by atoms with E-state index >= 15 is 0 Å². The molecule has 0 fully saturated rings. The number of nitrogens with zero attached hydrogens (tertiary/aromatic N) is 2. The van der Waals surface area contributed by atoms with Crippen LogP contribution < -0.4 is 15.4 Å². The second-order valence-electron chi connectivity index (χ2n) is 6.60. The molecule has 142 valence electrons. The second-order valence-corrected chi connectivity index (χ2v) is 6.60. The highest BCUT2D eigenvalue weighted by Crippen LogP contribution is 2.27. The van der Waals surface area contributed by atoms with Crippen molar-refractivity contribution in [1.29, 1.82) is 0 Å². The first-order valence-electron chi connectivity index (χ1n) is 8.91. The van der Waals surface area contributed by atoms with Gasteiger partial charge >= 0.3 is 6.03 Å². The number of carbonyl (C=O) groups is 1. The standard InChI is InChI=1S/C19H34N4O2/c1-7-15(2)23(5)13-12-20-19(24)21-14-17(22(3)4)16-10-8-9-11-18(16)25-6/h8-11,15,17H,7,12-14H2,1-6H3,(H2,20,21,24). The lowest BCUT2D eigenvalue weighted by Crippen LogP contribution is -2.43.